The van der Waals surface area contributed by atoms with Crippen LogP contribution in [-0.4, -0.2) is 0 Å². The van der Waals surface area contributed by atoms with E-state index in [9.17, 15) is 0 Å². The van der Waals surface area contributed by atoms with Crippen LogP contribution in [0.3, 0.4) is 0 Å². The molecular weight excluding hydrogens is 132 g/mol. The highest BCUT2D eigenvalue weighted by molar-refractivity contribution is 5.22. The fourth-order valence-electron chi connectivity index (χ4n) is 1.45. The average Bonchev–Trinajstić information content (AvgIpc) is 2.21. The molecule has 1 aliphatic rings. The van der Waals surface area contributed by atoms with Crippen molar-refractivity contribution >= 4 is 0 Å². The second-order valence-corrected chi connectivity index (χ2v) is 3.79. The third kappa shape index (κ3) is 2.36. The monoisotopic (exact) mass is 154 g/mol. The maximum absolute atomic E-state index is 2.33. The summed E-state index contributed by atoms with van der Waals surface area (Å²) in [6.45, 7) is 13.2. The van der Waals surface area contributed by atoms with Gasteiger partial charge in [-0.2, -0.15) is 0 Å². The lowest BCUT2D eigenvalue weighted by atomic mass is 9.87. The van der Waals surface area contributed by atoms with E-state index in [1.807, 2.05) is 13.8 Å². The van der Waals surface area contributed by atoms with Gasteiger partial charge >= 0.3 is 0 Å². The minimum atomic E-state index is 0.504. The van der Waals surface area contributed by atoms with E-state index < -0.39 is 0 Å². The highest BCUT2D eigenvalue weighted by atomic mass is 14.3. The first kappa shape index (κ1) is 10.7. The van der Waals surface area contributed by atoms with E-state index in [0.29, 0.717) is 5.41 Å². The topological polar surface area (TPSA) is 0 Å². The van der Waals surface area contributed by atoms with Crippen LogP contribution in [0, 0.1) is 5.41 Å². The van der Waals surface area contributed by atoms with Crippen LogP contribution in [0.15, 0.2) is 11.1 Å². The van der Waals surface area contributed by atoms with Gasteiger partial charge in [-0.1, -0.05) is 38.8 Å². The normalized spacial score (nSPS) is 21.3. The Morgan fingerprint density at radius 2 is 1.55 bits per heavy atom. The Morgan fingerprint density at radius 3 is 1.64 bits per heavy atom. The van der Waals surface area contributed by atoms with E-state index >= 15 is 0 Å². The predicted octanol–water partition coefficient (Wildman–Crippen LogP) is 4.17. The van der Waals surface area contributed by atoms with Crippen LogP contribution in [0.1, 0.15) is 54.4 Å². The largest absolute Gasteiger partial charge is 0.0738 e. The van der Waals surface area contributed by atoms with E-state index in [-0.39, 0.29) is 0 Å². The second kappa shape index (κ2) is 3.94. The highest BCUT2D eigenvalue weighted by Crippen LogP contribution is 2.41. The third-order valence-electron chi connectivity index (χ3n) is 2.78. The number of hydrogen-bond acceptors (Lipinski definition) is 0. The van der Waals surface area contributed by atoms with Gasteiger partial charge in [0.05, 0.1) is 0 Å². The van der Waals surface area contributed by atoms with E-state index in [4.69, 9.17) is 0 Å². The van der Waals surface area contributed by atoms with Crippen molar-refractivity contribution in [3.05, 3.63) is 11.1 Å². The molecule has 0 saturated heterocycles. The van der Waals surface area contributed by atoms with Gasteiger partial charge < -0.3 is 0 Å². The molecule has 0 fully saturated rings. The summed E-state index contributed by atoms with van der Waals surface area (Å²) in [5.74, 6) is 0. The molecule has 0 aromatic carbocycles. The van der Waals surface area contributed by atoms with E-state index in [0.717, 1.165) is 0 Å². The SMILES string of the molecule is CC.CC1=C(C)C(C)(C)CC1. The van der Waals surface area contributed by atoms with Gasteiger partial charge in [-0.3, -0.25) is 0 Å². The summed E-state index contributed by atoms with van der Waals surface area (Å²) in [6.07, 6.45) is 2.67. The first-order valence-corrected chi connectivity index (χ1v) is 4.71. The van der Waals surface area contributed by atoms with Crippen molar-refractivity contribution < 1.29 is 0 Å². The Bertz CT molecular complexity index is 149. The second-order valence-electron chi connectivity index (χ2n) is 3.79. The summed E-state index contributed by atoms with van der Waals surface area (Å²) in [6, 6.07) is 0. The molecule has 0 atom stereocenters. The first-order chi connectivity index (χ1) is 5.04. The third-order valence-corrected chi connectivity index (χ3v) is 2.78. The van der Waals surface area contributed by atoms with Gasteiger partial charge in [-0.15, -0.1) is 0 Å². The van der Waals surface area contributed by atoms with Crippen LogP contribution in [0.2, 0.25) is 0 Å². The zero-order valence-corrected chi connectivity index (χ0v) is 8.91. The van der Waals surface area contributed by atoms with Crippen molar-refractivity contribution in [3.63, 3.8) is 0 Å². The Labute approximate surface area is 71.7 Å². The molecular formula is C11H22. The van der Waals surface area contributed by atoms with E-state index in [1.54, 1.807) is 11.1 Å². The smallest absolute Gasteiger partial charge is 0.0142 e. The lowest BCUT2D eigenvalue weighted by Gasteiger charge is -2.18. The molecule has 0 aromatic heterocycles. The van der Waals surface area contributed by atoms with Crippen molar-refractivity contribution in [1.82, 2.24) is 0 Å². The standard InChI is InChI=1S/C9H16.C2H6/c1-7-5-6-9(3,4)8(7)2;1-2/h5-6H2,1-4H3;1-2H3. The molecule has 0 heteroatoms. The van der Waals surface area contributed by atoms with Crippen molar-refractivity contribution in [2.45, 2.75) is 54.4 Å². The van der Waals surface area contributed by atoms with Crippen LogP contribution in [0.5, 0.6) is 0 Å². The lowest BCUT2D eigenvalue weighted by molar-refractivity contribution is 0.443. The van der Waals surface area contributed by atoms with Gasteiger partial charge in [0.1, 0.15) is 0 Å². The molecule has 0 amide bonds. The van der Waals surface area contributed by atoms with Crippen LogP contribution in [0.4, 0.5) is 0 Å². The minimum absolute atomic E-state index is 0.504. The van der Waals surface area contributed by atoms with Crippen molar-refractivity contribution in [1.29, 1.82) is 0 Å². The Hall–Kier alpha value is -0.260. The zero-order valence-electron chi connectivity index (χ0n) is 8.91. The minimum Gasteiger partial charge on any atom is -0.0738 e. The Kier molecular flexibility index (Phi) is 3.85. The maximum atomic E-state index is 2.33. The van der Waals surface area contributed by atoms with Crippen LogP contribution < -0.4 is 0 Å². The van der Waals surface area contributed by atoms with Crippen LogP contribution in [-0.2, 0) is 0 Å². The Balaban J connectivity index is 0.000000461. The molecule has 0 heterocycles. The predicted molar refractivity (Wildman–Crippen MR) is 52.7 cm³/mol. The molecule has 0 radical (unpaired) electrons. The van der Waals surface area contributed by atoms with Crippen molar-refractivity contribution in [3.8, 4) is 0 Å². The summed E-state index contributed by atoms with van der Waals surface area (Å²) in [4.78, 5) is 0. The molecule has 0 unspecified atom stereocenters. The van der Waals surface area contributed by atoms with Crippen molar-refractivity contribution in [2.24, 2.45) is 5.41 Å². The molecule has 1 rings (SSSR count). The van der Waals surface area contributed by atoms with Gasteiger partial charge in [-0.05, 0) is 32.1 Å². The molecule has 11 heavy (non-hydrogen) atoms. The average molecular weight is 154 g/mol. The molecule has 0 saturated carbocycles. The molecule has 0 aromatic rings. The van der Waals surface area contributed by atoms with Crippen LogP contribution in [0.25, 0.3) is 0 Å². The molecule has 0 spiro atoms. The summed E-state index contributed by atoms with van der Waals surface area (Å²) in [7, 11) is 0. The molecule has 0 bridgehead atoms. The van der Waals surface area contributed by atoms with Gasteiger partial charge in [0.25, 0.3) is 0 Å². The summed E-state index contributed by atoms with van der Waals surface area (Å²) in [5.41, 5.74) is 3.73. The fourth-order valence-corrected chi connectivity index (χ4v) is 1.45. The van der Waals surface area contributed by atoms with Gasteiger partial charge in [0.15, 0.2) is 0 Å². The lowest BCUT2D eigenvalue weighted by Crippen LogP contribution is -2.06. The number of rotatable bonds is 0. The molecule has 0 aliphatic heterocycles. The summed E-state index contributed by atoms with van der Waals surface area (Å²) in [5, 5.41) is 0. The molecule has 66 valence electrons. The quantitative estimate of drug-likeness (QED) is 0.459. The molecule has 1 aliphatic carbocycles. The maximum Gasteiger partial charge on any atom is -0.0142 e. The zero-order chi connectivity index (χ0) is 9.07. The van der Waals surface area contributed by atoms with E-state index in [1.165, 1.54) is 12.8 Å². The van der Waals surface area contributed by atoms with Crippen molar-refractivity contribution in [2.75, 3.05) is 0 Å². The Morgan fingerprint density at radius 1 is 1.09 bits per heavy atom. The van der Waals surface area contributed by atoms with Gasteiger partial charge in [0, 0.05) is 0 Å². The summed E-state index contributed by atoms with van der Waals surface area (Å²) < 4.78 is 0. The molecule has 0 nitrogen and oxygen atoms in total. The fraction of sp³-hybridized carbons (Fsp3) is 0.818. The number of allylic oxidation sites excluding steroid dienone is 2. The first-order valence-electron chi connectivity index (χ1n) is 4.71. The summed E-state index contributed by atoms with van der Waals surface area (Å²) >= 11 is 0. The van der Waals surface area contributed by atoms with Gasteiger partial charge in [0.2, 0.25) is 0 Å². The highest BCUT2D eigenvalue weighted by Gasteiger charge is 2.26. The van der Waals surface area contributed by atoms with Gasteiger partial charge in [-0.25, -0.2) is 0 Å². The van der Waals surface area contributed by atoms with Crippen LogP contribution >= 0.6 is 0 Å². The van der Waals surface area contributed by atoms with E-state index in [2.05, 4.69) is 27.7 Å². The number of hydrogen-bond donors (Lipinski definition) is 0. The molecule has 0 N–H and O–H groups in total.